The molecule has 0 unspecified atom stereocenters. The van der Waals surface area contributed by atoms with Gasteiger partial charge in [-0.15, -0.1) is 0 Å². The van der Waals surface area contributed by atoms with Crippen molar-refractivity contribution in [2.75, 3.05) is 0 Å². The van der Waals surface area contributed by atoms with Crippen LogP contribution in [-0.4, -0.2) is 4.98 Å². The number of aromatic nitrogens is 1. The van der Waals surface area contributed by atoms with Gasteiger partial charge in [-0.25, -0.2) is 10.2 Å². The molecule has 60 valence electrons. The van der Waals surface area contributed by atoms with Gasteiger partial charge in [0.2, 0.25) is 0 Å². The second-order valence-electron chi connectivity index (χ2n) is 1.69. The number of aromatic amines is 1. The van der Waals surface area contributed by atoms with Crippen LogP contribution in [0.2, 0.25) is 0 Å². The van der Waals surface area contributed by atoms with Crippen LogP contribution in [0.4, 0.5) is 0 Å². The standard InChI is InChI=1S/C5H5BrN2O2S/c6-3-1-4(11-10-7)5(9)8-2-3/h1-2H,7H2,(H,8,9). The Balaban J connectivity index is 3.03. The molecule has 0 spiro atoms. The lowest BCUT2D eigenvalue weighted by atomic mass is 10.5. The van der Waals surface area contributed by atoms with Crippen LogP contribution in [0.3, 0.4) is 0 Å². The summed E-state index contributed by atoms with van der Waals surface area (Å²) in [6.07, 6.45) is 1.54. The van der Waals surface area contributed by atoms with E-state index >= 15 is 0 Å². The van der Waals surface area contributed by atoms with Crippen LogP contribution in [0.15, 0.2) is 26.4 Å². The van der Waals surface area contributed by atoms with Crippen LogP contribution in [0.25, 0.3) is 0 Å². The van der Waals surface area contributed by atoms with E-state index in [1.165, 1.54) is 0 Å². The highest BCUT2D eigenvalue weighted by molar-refractivity contribution is 9.10. The van der Waals surface area contributed by atoms with E-state index < -0.39 is 0 Å². The Morgan fingerprint density at radius 3 is 3.09 bits per heavy atom. The summed E-state index contributed by atoms with van der Waals surface area (Å²) in [5.41, 5.74) is -0.219. The number of nitrogens with two attached hydrogens (primary N) is 1. The van der Waals surface area contributed by atoms with Gasteiger partial charge in [0.15, 0.2) is 0 Å². The van der Waals surface area contributed by atoms with E-state index in [-0.39, 0.29) is 5.56 Å². The number of pyridine rings is 1. The van der Waals surface area contributed by atoms with E-state index in [4.69, 9.17) is 5.90 Å². The summed E-state index contributed by atoms with van der Waals surface area (Å²) in [4.78, 5) is 13.8. The van der Waals surface area contributed by atoms with Gasteiger partial charge < -0.3 is 4.98 Å². The number of halogens is 1. The zero-order valence-electron chi connectivity index (χ0n) is 5.33. The molecule has 0 amide bonds. The van der Waals surface area contributed by atoms with Gasteiger partial charge in [-0.2, -0.15) is 0 Å². The molecule has 1 aromatic rings. The van der Waals surface area contributed by atoms with Crippen molar-refractivity contribution in [2.45, 2.75) is 4.90 Å². The molecule has 6 heteroatoms. The molecule has 1 aromatic heterocycles. The highest BCUT2D eigenvalue weighted by atomic mass is 79.9. The third-order valence-electron chi connectivity index (χ3n) is 0.972. The molecule has 0 saturated heterocycles. The fourth-order valence-corrected chi connectivity index (χ4v) is 1.46. The first-order chi connectivity index (χ1) is 5.24. The SMILES string of the molecule is NOSc1cc(Br)c[nH]c1=O. The molecule has 0 aliphatic rings. The van der Waals surface area contributed by atoms with Crippen LogP contribution in [0.5, 0.6) is 0 Å². The van der Waals surface area contributed by atoms with Crippen LogP contribution in [0.1, 0.15) is 0 Å². The van der Waals surface area contributed by atoms with E-state index in [2.05, 4.69) is 25.2 Å². The van der Waals surface area contributed by atoms with E-state index in [1.807, 2.05) is 0 Å². The molecule has 4 nitrogen and oxygen atoms in total. The van der Waals surface area contributed by atoms with Gasteiger partial charge >= 0.3 is 0 Å². The molecule has 0 aromatic carbocycles. The number of hydrogen-bond acceptors (Lipinski definition) is 4. The van der Waals surface area contributed by atoms with Crippen molar-refractivity contribution in [1.29, 1.82) is 0 Å². The summed E-state index contributed by atoms with van der Waals surface area (Å²) in [6.45, 7) is 0. The van der Waals surface area contributed by atoms with Crippen molar-refractivity contribution in [1.82, 2.24) is 4.98 Å². The van der Waals surface area contributed by atoms with E-state index in [0.29, 0.717) is 4.90 Å². The monoisotopic (exact) mass is 236 g/mol. The van der Waals surface area contributed by atoms with E-state index in [0.717, 1.165) is 16.5 Å². The van der Waals surface area contributed by atoms with E-state index in [1.54, 1.807) is 12.3 Å². The number of rotatable bonds is 2. The van der Waals surface area contributed by atoms with Crippen LogP contribution < -0.4 is 11.5 Å². The molecule has 11 heavy (non-hydrogen) atoms. The minimum atomic E-state index is -0.219. The van der Waals surface area contributed by atoms with Crippen molar-refractivity contribution in [3.05, 3.63) is 27.1 Å². The molecule has 0 aliphatic carbocycles. The Morgan fingerprint density at radius 1 is 1.73 bits per heavy atom. The van der Waals surface area contributed by atoms with Gasteiger partial charge in [0.1, 0.15) is 4.90 Å². The maximum atomic E-state index is 10.9. The second kappa shape index (κ2) is 3.91. The first kappa shape index (κ1) is 8.79. The predicted molar refractivity (Wildman–Crippen MR) is 45.9 cm³/mol. The number of hydrogen-bond donors (Lipinski definition) is 2. The molecule has 0 radical (unpaired) electrons. The highest BCUT2D eigenvalue weighted by Gasteiger charge is 2.00. The maximum absolute atomic E-state index is 10.9. The van der Waals surface area contributed by atoms with Crippen molar-refractivity contribution < 1.29 is 4.28 Å². The lowest BCUT2D eigenvalue weighted by Crippen LogP contribution is -2.07. The van der Waals surface area contributed by atoms with Gasteiger partial charge in [-0.3, -0.25) is 4.79 Å². The van der Waals surface area contributed by atoms with Gasteiger partial charge in [-0.05, 0) is 22.0 Å². The Morgan fingerprint density at radius 2 is 2.45 bits per heavy atom. The van der Waals surface area contributed by atoms with Crippen LogP contribution in [-0.2, 0) is 4.28 Å². The fraction of sp³-hybridized carbons (Fsp3) is 0. The van der Waals surface area contributed by atoms with Crippen molar-refractivity contribution in [3.63, 3.8) is 0 Å². The van der Waals surface area contributed by atoms with Crippen molar-refractivity contribution in [2.24, 2.45) is 5.90 Å². The average molecular weight is 237 g/mol. The van der Waals surface area contributed by atoms with Gasteiger partial charge in [0, 0.05) is 10.7 Å². The maximum Gasteiger partial charge on any atom is 0.264 e. The van der Waals surface area contributed by atoms with Crippen LogP contribution in [0, 0.1) is 0 Å². The summed E-state index contributed by atoms with van der Waals surface area (Å²) >= 11 is 4.01. The van der Waals surface area contributed by atoms with Crippen molar-refractivity contribution >= 4 is 28.0 Å². The molecule has 1 heterocycles. The lowest BCUT2D eigenvalue weighted by molar-refractivity contribution is 0.398. The molecule has 3 N–H and O–H groups in total. The highest BCUT2D eigenvalue weighted by Crippen LogP contribution is 2.15. The normalized spacial score (nSPS) is 10.0. The topological polar surface area (TPSA) is 68.1 Å². The van der Waals surface area contributed by atoms with Crippen LogP contribution >= 0.6 is 28.0 Å². The minimum absolute atomic E-state index is 0.219. The number of nitrogens with one attached hydrogen (secondary N) is 1. The smallest absolute Gasteiger partial charge is 0.264 e. The summed E-state index contributed by atoms with van der Waals surface area (Å²) in [5, 5.41) is 0. The molecular weight excluding hydrogens is 232 g/mol. The predicted octanol–water partition coefficient (Wildman–Crippen LogP) is 1.03. The quantitative estimate of drug-likeness (QED) is 0.595. The Hall–Kier alpha value is -0.300. The molecule has 0 aliphatic heterocycles. The Labute approximate surface area is 75.4 Å². The molecule has 1 rings (SSSR count). The summed E-state index contributed by atoms with van der Waals surface area (Å²) in [5.74, 6) is 4.77. The molecule has 0 bridgehead atoms. The minimum Gasteiger partial charge on any atom is -0.327 e. The van der Waals surface area contributed by atoms with Gasteiger partial charge in [0.05, 0.1) is 12.0 Å². The zero-order valence-corrected chi connectivity index (χ0v) is 7.74. The first-order valence-corrected chi connectivity index (χ1v) is 4.19. The molecular formula is C5H5BrN2O2S. The number of H-pyrrole nitrogens is 1. The molecule has 0 fully saturated rings. The lowest BCUT2D eigenvalue weighted by Gasteiger charge is -1.95. The average Bonchev–Trinajstić information content (AvgIpc) is 1.98. The summed E-state index contributed by atoms with van der Waals surface area (Å²) < 4.78 is 5.01. The van der Waals surface area contributed by atoms with Gasteiger partial charge in [-0.1, -0.05) is 0 Å². The second-order valence-corrected chi connectivity index (χ2v) is 3.41. The zero-order chi connectivity index (χ0) is 8.27. The van der Waals surface area contributed by atoms with Gasteiger partial charge in [0.25, 0.3) is 5.56 Å². The van der Waals surface area contributed by atoms with Crippen molar-refractivity contribution in [3.8, 4) is 0 Å². The Bertz CT molecular complexity index is 301. The molecule has 0 saturated carbocycles. The summed E-state index contributed by atoms with van der Waals surface area (Å²) in [7, 11) is 0. The third kappa shape index (κ3) is 2.33. The largest absolute Gasteiger partial charge is 0.327 e. The van der Waals surface area contributed by atoms with E-state index in [9.17, 15) is 4.79 Å². The first-order valence-electron chi connectivity index (χ1n) is 2.65. The Kier molecular flexibility index (Phi) is 3.13. The summed E-state index contributed by atoms with van der Waals surface area (Å²) in [6, 6.07) is 1.62. The molecule has 0 atom stereocenters. The fourth-order valence-electron chi connectivity index (χ4n) is 0.552. The third-order valence-corrected chi connectivity index (χ3v) is 2.01.